The highest BCUT2D eigenvalue weighted by Gasteiger charge is 2.18. The Balaban J connectivity index is 3.16. The van der Waals surface area contributed by atoms with Crippen molar-refractivity contribution < 1.29 is 14.0 Å². The van der Waals surface area contributed by atoms with E-state index in [0.29, 0.717) is 0 Å². The molecular formula is C9H8Cl2FNO2. The van der Waals surface area contributed by atoms with Crippen LogP contribution in [-0.4, -0.2) is 25.1 Å². The van der Waals surface area contributed by atoms with Gasteiger partial charge in [0, 0.05) is 7.05 Å². The first kappa shape index (κ1) is 12.2. The zero-order valence-electron chi connectivity index (χ0n) is 8.05. The molecule has 0 fully saturated rings. The van der Waals surface area contributed by atoms with Gasteiger partial charge in [-0.05, 0) is 12.1 Å². The third-order valence-electron chi connectivity index (χ3n) is 1.83. The summed E-state index contributed by atoms with van der Waals surface area (Å²) >= 11 is 11.3. The largest absolute Gasteiger partial charge is 0.278 e. The van der Waals surface area contributed by atoms with Gasteiger partial charge in [-0.25, -0.2) is 9.45 Å². The summed E-state index contributed by atoms with van der Waals surface area (Å²) in [6.45, 7) is 0. The van der Waals surface area contributed by atoms with Crippen LogP contribution in [0.2, 0.25) is 10.0 Å². The first-order chi connectivity index (χ1) is 6.99. The van der Waals surface area contributed by atoms with Crippen LogP contribution in [0.25, 0.3) is 0 Å². The zero-order valence-corrected chi connectivity index (χ0v) is 9.56. The second-order valence-corrected chi connectivity index (χ2v) is 3.46. The molecule has 0 spiro atoms. The van der Waals surface area contributed by atoms with E-state index < -0.39 is 11.7 Å². The minimum absolute atomic E-state index is 0.0902. The van der Waals surface area contributed by atoms with Gasteiger partial charge in [-0.3, -0.25) is 9.63 Å². The van der Waals surface area contributed by atoms with Gasteiger partial charge in [0.15, 0.2) is 0 Å². The summed E-state index contributed by atoms with van der Waals surface area (Å²) in [7, 11) is 2.74. The van der Waals surface area contributed by atoms with E-state index in [2.05, 4.69) is 4.84 Å². The second kappa shape index (κ2) is 4.79. The van der Waals surface area contributed by atoms with Crippen LogP contribution in [0, 0.1) is 5.82 Å². The molecule has 0 radical (unpaired) electrons. The summed E-state index contributed by atoms with van der Waals surface area (Å²) in [6.07, 6.45) is 0. The molecule has 1 aromatic carbocycles. The van der Waals surface area contributed by atoms with Crippen LogP contribution in [0.4, 0.5) is 4.39 Å². The number of hydroxylamine groups is 2. The molecule has 15 heavy (non-hydrogen) atoms. The first-order valence-corrected chi connectivity index (χ1v) is 4.70. The molecule has 1 rings (SSSR count). The summed E-state index contributed by atoms with van der Waals surface area (Å²) in [6, 6.07) is 2.33. The molecule has 0 aromatic heterocycles. The van der Waals surface area contributed by atoms with Gasteiger partial charge in [-0.15, -0.1) is 0 Å². The molecule has 82 valence electrons. The predicted octanol–water partition coefficient (Wildman–Crippen LogP) is 2.77. The Labute approximate surface area is 96.3 Å². The summed E-state index contributed by atoms with van der Waals surface area (Å²) in [5.74, 6) is -1.16. The van der Waals surface area contributed by atoms with Gasteiger partial charge in [-0.1, -0.05) is 23.2 Å². The molecule has 0 N–H and O–H groups in total. The van der Waals surface area contributed by atoms with Crippen molar-refractivity contribution in [3.8, 4) is 0 Å². The SMILES string of the molecule is CON(C)C(=O)c1ccc(F)c(Cl)c1Cl. The fourth-order valence-electron chi connectivity index (χ4n) is 0.944. The Morgan fingerprint density at radius 3 is 2.53 bits per heavy atom. The molecule has 1 amide bonds. The molecule has 0 aliphatic heterocycles. The summed E-state index contributed by atoms with van der Waals surface area (Å²) in [5, 5.41) is 0.577. The monoisotopic (exact) mass is 251 g/mol. The predicted molar refractivity (Wildman–Crippen MR) is 55.5 cm³/mol. The lowest BCUT2D eigenvalue weighted by Crippen LogP contribution is -2.25. The van der Waals surface area contributed by atoms with Crippen LogP contribution in [0.3, 0.4) is 0 Å². The Bertz CT molecular complexity index is 398. The standard InChI is InChI=1S/C9H8Cl2FNO2/c1-13(15-2)9(14)5-3-4-6(12)8(11)7(5)10/h3-4H,1-2H3. The molecule has 0 bridgehead atoms. The van der Waals surface area contributed by atoms with Crippen molar-refractivity contribution in [2.45, 2.75) is 0 Å². The summed E-state index contributed by atoms with van der Waals surface area (Å²) in [4.78, 5) is 16.3. The Hall–Kier alpha value is -0.840. The summed E-state index contributed by atoms with van der Waals surface area (Å²) in [5.41, 5.74) is 0.0902. The van der Waals surface area contributed by atoms with Crippen molar-refractivity contribution in [3.05, 3.63) is 33.6 Å². The van der Waals surface area contributed by atoms with E-state index in [0.717, 1.165) is 11.1 Å². The third kappa shape index (κ3) is 2.40. The Morgan fingerprint density at radius 2 is 2.00 bits per heavy atom. The fourth-order valence-corrected chi connectivity index (χ4v) is 1.34. The number of hydrogen-bond donors (Lipinski definition) is 0. The molecule has 0 heterocycles. The first-order valence-electron chi connectivity index (χ1n) is 3.94. The quantitative estimate of drug-likeness (QED) is 0.598. The van der Waals surface area contributed by atoms with Crippen molar-refractivity contribution in [2.24, 2.45) is 0 Å². The van der Waals surface area contributed by atoms with Crippen LogP contribution >= 0.6 is 23.2 Å². The van der Waals surface area contributed by atoms with E-state index >= 15 is 0 Å². The molecule has 0 unspecified atom stereocenters. The number of carbonyl (C=O) groups is 1. The third-order valence-corrected chi connectivity index (χ3v) is 2.68. The molecule has 0 aliphatic carbocycles. The van der Waals surface area contributed by atoms with Crippen molar-refractivity contribution >= 4 is 29.1 Å². The molecule has 3 nitrogen and oxygen atoms in total. The topological polar surface area (TPSA) is 29.5 Å². The average Bonchev–Trinajstić information content (AvgIpc) is 2.24. The van der Waals surface area contributed by atoms with Gasteiger partial charge in [0.2, 0.25) is 0 Å². The van der Waals surface area contributed by atoms with Gasteiger partial charge in [0.25, 0.3) is 5.91 Å². The maximum atomic E-state index is 12.9. The lowest BCUT2D eigenvalue weighted by molar-refractivity contribution is -0.0756. The van der Waals surface area contributed by atoms with E-state index in [-0.39, 0.29) is 15.6 Å². The highest BCUT2D eigenvalue weighted by atomic mass is 35.5. The van der Waals surface area contributed by atoms with E-state index in [4.69, 9.17) is 23.2 Å². The smallest absolute Gasteiger partial charge is 0.274 e. The van der Waals surface area contributed by atoms with Crippen molar-refractivity contribution in [1.82, 2.24) is 5.06 Å². The Morgan fingerprint density at radius 1 is 1.40 bits per heavy atom. The van der Waals surface area contributed by atoms with E-state index in [1.807, 2.05) is 0 Å². The van der Waals surface area contributed by atoms with Crippen LogP contribution < -0.4 is 0 Å². The fraction of sp³-hybridized carbons (Fsp3) is 0.222. The number of hydrogen-bond acceptors (Lipinski definition) is 2. The highest BCUT2D eigenvalue weighted by molar-refractivity contribution is 6.43. The number of nitrogens with zero attached hydrogens (tertiary/aromatic N) is 1. The second-order valence-electron chi connectivity index (χ2n) is 2.71. The molecule has 0 saturated carbocycles. The number of halogens is 3. The van der Waals surface area contributed by atoms with Crippen LogP contribution in [0.15, 0.2) is 12.1 Å². The van der Waals surface area contributed by atoms with Gasteiger partial charge < -0.3 is 0 Å². The minimum atomic E-state index is -0.668. The minimum Gasteiger partial charge on any atom is -0.274 e. The van der Waals surface area contributed by atoms with Crippen LogP contribution in [0.5, 0.6) is 0 Å². The highest BCUT2D eigenvalue weighted by Crippen LogP contribution is 2.29. The normalized spacial score (nSPS) is 10.2. The molecular weight excluding hydrogens is 244 g/mol. The average molecular weight is 252 g/mol. The molecule has 1 aromatic rings. The lowest BCUT2D eigenvalue weighted by atomic mass is 10.2. The molecule has 0 saturated heterocycles. The van der Waals surface area contributed by atoms with E-state index in [1.54, 1.807) is 0 Å². The molecule has 6 heteroatoms. The maximum Gasteiger partial charge on any atom is 0.278 e. The van der Waals surface area contributed by atoms with Crippen LogP contribution in [-0.2, 0) is 4.84 Å². The number of amides is 1. The maximum absolute atomic E-state index is 12.9. The molecule has 0 atom stereocenters. The summed E-state index contributed by atoms with van der Waals surface area (Å²) < 4.78 is 12.9. The van der Waals surface area contributed by atoms with Crippen LogP contribution in [0.1, 0.15) is 10.4 Å². The van der Waals surface area contributed by atoms with Gasteiger partial charge in [0.1, 0.15) is 5.82 Å². The van der Waals surface area contributed by atoms with Crippen molar-refractivity contribution in [3.63, 3.8) is 0 Å². The number of rotatable bonds is 2. The lowest BCUT2D eigenvalue weighted by Gasteiger charge is -2.14. The number of benzene rings is 1. The van der Waals surface area contributed by atoms with E-state index in [1.165, 1.54) is 20.2 Å². The van der Waals surface area contributed by atoms with Gasteiger partial charge in [0.05, 0.1) is 22.7 Å². The van der Waals surface area contributed by atoms with Crippen molar-refractivity contribution in [1.29, 1.82) is 0 Å². The van der Waals surface area contributed by atoms with Crippen molar-refractivity contribution in [2.75, 3.05) is 14.2 Å². The number of carbonyl (C=O) groups excluding carboxylic acids is 1. The Kier molecular flexibility index (Phi) is 3.90. The van der Waals surface area contributed by atoms with E-state index in [9.17, 15) is 9.18 Å². The zero-order chi connectivity index (χ0) is 11.6. The van der Waals surface area contributed by atoms with Gasteiger partial charge >= 0.3 is 0 Å². The van der Waals surface area contributed by atoms with Gasteiger partial charge in [-0.2, -0.15) is 0 Å². The molecule has 0 aliphatic rings.